The van der Waals surface area contributed by atoms with Gasteiger partial charge in [0.15, 0.2) is 6.29 Å². The lowest BCUT2D eigenvalue weighted by molar-refractivity contribution is 0.111. The van der Waals surface area contributed by atoms with Gasteiger partial charge in [0.05, 0.1) is 11.7 Å². The van der Waals surface area contributed by atoms with E-state index < -0.39 is 0 Å². The maximum absolute atomic E-state index is 10.7. The summed E-state index contributed by atoms with van der Waals surface area (Å²) in [7, 11) is 0. The molecule has 76 valence electrons. The Morgan fingerprint density at radius 1 is 1.64 bits per heavy atom. The summed E-state index contributed by atoms with van der Waals surface area (Å²) in [5.74, 6) is 0.687. The Bertz CT molecular complexity index is 345. The lowest BCUT2D eigenvalue weighted by Crippen LogP contribution is -2.04. The highest BCUT2D eigenvalue weighted by atomic mass is 16.1. The molecule has 0 spiro atoms. The van der Waals surface area contributed by atoms with Gasteiger partial charge in [-0.1, -0.05) is 25.5 Å². The molecule has 2 atom stereocenters. The minimum absolute atomic E-state index is 0.484. The highest BCUT2D eigenvalue weighted by Crippen LogP contribution is 2.42. The van der Waals surface area contributed by atoms with E-state index in [-0.39, 0.29) is 0 Å². The van der Waals surface area contributed by atoms with Crippen LogP contribution in [0.5, 0.6) is 0 Å². The van der Waals surface area contributed by atoms with E-state index in [0.717, 1.165) is 24.8 Å². The van der Waals surface area contributed by atoms with Gasteiger partial charge in [0.25, 0.3) is 0 Å². The monoisotopic (exact) mass is 193 g/mol. The Balaban J connectivity index is 2.29. The van der Waals surface area contributed by atoms with Crippen LogP contribution in [0.15, 0.2) is 0 Å². The molecule has 1 fully saturated rings. The van der Waals surface area contributed by atoms with Crippen molar-refractivity contribution in [1.82, 2.24) is 15.0 Å². The van der Waals surface area contributed by atoms with Crippen molar-refractivity contribution in [2.45, 2.75) is 39.2 Å². The van der Waals surface area contributed by atoms with Crippen LogP contribution < -0.4 is 0 Å². The maximum Gasteiger partial charge on any atom is 0.172 e. The summed E-state index contributed by atoms with van der Waals surface area (Å²) < 4.78 is 1.94. The Kier molecular flexibility index (Phi) is 2.35. The van der Waals surface area contributed by atoms with E-state index in [1.807, 2.05) is 4.68 Å². The summed E-state index contributed by atoms with van der Waals surface area (Å²) in [6.07, 6.45) is 3.89. The fourth-order valence-electron chi connectivity index (χ4n) is 1.81. The first-order chi connectivity index (χ1) is 6.77. The standard InChI is InChI=1S/C10H15N3O/c1-3-4-9-8(6-14)11-12-13(9)10-5-7(10)2/h6-7,10H,3-5H2,1-2H3. The average Bonchev–Trinajstić information content (AvgIpc) is 2.77. The minimum atomic E-state index is 0.484. The van der Waals surface area contributed by atoms with E-state index in [1.165, 1.54) is 6.42 Å². The summed E-state index contributed by atoms with van der Waals surface area (Å²) in [5, 5.41) is 7.95. The van der Waals surface area contributed by atoms with E-state index in [4.69, 9.17) is 0 Å². The molecule has 1 aromatic rings. The Morgan fingerprint density at radius 2 is 2.36 bits per heavy atom. The smallest absolute Gasteiger partial charge is 0.172 e. The van der Waals surface area contributed by atoms with Crippen molar-refractivity contribution in [2.24, 2.45) is 5.92 Å². The van der Waals surface area contributed by atoms with Crippen LogP contribution in [0.2, 0.25) is 0 Å². The second-order valence-electron chi connectivity index (χ2n) is 4.01. The van der Waals surface area contributed by atoms with Crippen LogP contribution in [0.1, 0.15) is 48.9 Å². The van der Waals surface area contributed by atoms with Crippen LogP contribution in [-0.4, -0.2) is 21.3 Å². The fraction of sp³-hybridized carbons (Fsp3) is 0.700. The first-order valence-corrected chi connectivity index (χ1v) is 5.17. The third-order valence-electron chi connectivity index (χ3n) is 2.80. The minimum Gasteiger partial charge on any atom is -0.296 e. The van der Waals surface area contributed by atoms with Crippen molar-refractivity contribution in [1.29, 1.82) is 0 Å². The van der Waals surface area contributed by atoms with E-state index in [2.05, 4.69) is 24.2 Å². The zero-order valence-corrected chi connectivity index (χ0v) is 8.60. The van der Waals surface area contributed by atoms with E-state index >= 15 is 0 Å². The van der Waals surface area contributed by atoms with E-state index in [9.17, 15) is 4.79 Å². The first kappa shape index (κ1) is 9.37. The number of rotatable bonds is 4. The predicted octanol–water partition coefficient (Wildman–Crippen LogP) is 1.62. The zero-order chi connectivity index (χ0) is 10.1. The second-order valence-corrected chi connectivity index (χ2v) is 4.01. The molecule has 1 saturated carbocycles. The van der Waals surface area contributed by atoms with Gasteiger partial charge < -0.3 is 0 Å². The largest absolute Gasteiger partial charge is 0.296 e. The number of aromatic nitrogens is 3. The van der Waals surface area contributed by atoms with Crippen LogP contribution in [-0.2, 0) is 6.42 Å². The molecule has 0 bridgehead atoms. The molecule has 1 aliphatic carbocycles. The van der Waals surface area contributed by atoms with Gasteiger partial charge in [0.2, 0.25) is 0 Å². The number of hydrogen-bond donors (Lipinski definition) is 0. The second kappa shape index (κ2) is 3.52. The molecule has 0 radical (unpaired) electrons. The van der Waals surface area contributed by atoms with Crippen molar-refractivity contribution in [3.63, 3.8) is 0 Å². The SMILES string of the molecule is CCCc1c(C=O)nnn1C1CC1C. The highest BCUT2D eigenvalue weighted by molar-refractivity contribution is 5.73. The normalized spacial score (nSPS) is 25.0. The van der Waals surface area contributed by atoms with Crippen molar-refractivity contribution >= 4 is 6.29 Å². The molecule has 1 aromatic heterocycles. The summed E-state index contributed by atoms with van der Waals surface area (Å²) in [6, 6.07) is 0.484. The fourth-order valence-corrected chi connectivity index (χ4v) is 1.81. The van der Waals surface area contributed by atoms with Crippen molar-refractivity contribution < 1.29 is 4.79 Å². The summed E-state index contributed by atoms with van der Waals surface area (Å²) in [6.45, 7) is 4.30. The van der Waals surface area contributed by atoms with Gasteiger partial charge in [0, 0.05) is 0 Å². The lowest BCUT2D eigenvalue weighted by Gasteiger charge is -2.03. The molecule has 2 rings (SSSR count). The Labute approximate surface area is 83.3 Å². The van der Waals surface area contributed by atoms with E-state index in [1.54, 1.807) is 0 Å². The van der Waals surface area contributed by atoms with Crippen molar-refractivity contribution in [2.75, 3.05) is 0 Å². The van der Waals surface area contributed by atoms with E-state index in [0.29, 0.717) is 17.7 Å². The summed E-state index contributed by atoms with van der Waals surface area (Å²) >= 11 is 0. The number of hydrogen-bond acceptors (Lipinski definition) is 3. The summed E-state index contributed by atoms with van der Waals surface area (Å²) in [4.78, 5) is 10.7. The summed E-state index contributed by atoms with van der Waals surface area (Å²) in [5.41, 5.74) is 1.53. The van der Waals surface area contributed by atoms with Crippen LogP contribution in [0.4, 0.5) is 0 Å². The molecule has 2 unspecified atom stereocenters. The molecule has 0 aliphatic heterocycles. The van der Waals surface area contributed by atoms with Crippen LogP contribution in [0.3, 0.4) is 0 Å². The van der Waals surface area contributed by atoms with Crippen LogP contribution in [0, 0.1) is 5.92 Å². The molecule has 1 aliphatic rings. The predicted molar refractivity (Wildman–Crippen MR) is 52.2 cm³/mol. The zero-order valence-electron chi connectivity index (χ0n) is 8.60. The van der Waals surface area contributed by atoms with Crippen molar-refractivity contribution in [3.8, 4) is 0 Å². The van der Waals surface area contributed by atoms with Crippen molar-refractivity contribution in [3.05, 3.63) is 11.4 Å². The number of nitrogens with zero attached hydrogens (tertiary/aromatic N) is 3. The number of aldehydes is 1. The van der Waals surface area contributed by atoms with Gasteiger partial charge in [-0.3, -0.25) is 4.79 Å². The number of carbonyl (C=O) groups excluding carboxylic acids is 1. The molecule has 1 heterocycles. The van der Waals surface area contributed by atoms with Gasteiger partial charge in [0.1, 0.15) is 5.69 Å². The van der Waals surface area contributed by atoms with Gasteiger partial charge in [-0.05, 0) is 18.8 Å². The molecule has 4 nitrogen and oxygen atoms in total. The topological polar surface area (TPSA) is 47.8 Å². The van der Waals surface area contributed by atoms with Gasteiger partial charge in [-0.25, -0.2) is 4.68 Å². The van der Waals surface area contributed by atoms with Crippen LogP contribution >= 0.6 is 0 Å². The third kappa shape index (κ3) is 1.45. The molecule has 0 aromatic carbocycles. The Hall–Kier alpha value is -1.19. The molecule has 0 N–H and O–H groups in total. The van der Waals surface area contributed by atoms with Gasteiger partial charge in [-0.2, -0.15) is 0 Å². The van der Waals surface area contributed by atoms with Gasteiger partial charge >= 0.3 is 0 Å². The molecular weight excluding hydrogens is 178 g/mol. The Morgan fingerprint density at radius 3 is 2.86 bits per heavy atom. The first-order valence-electron chi connectivity index (χ1n) is 5.17. The third-order valence-corrected chi connectivity index (χ3v) is 2.80. The molecule has 14 heavy (non-hydrogen) atoms. The molecule has 0 saturated heterocycles. The van der Waals surface area contributed by atoms with Gasteiger partial charge in [-0.15, -0.1) is 5.10 Å². The maximum atomic E-state index is 10.7. The molecule has 4 heteroatoms. The molecular formula is C10H15N3O. The highest BCUT2D eigenvalue weighted by Gasteiger charge is 2.37. The lowest BCUT2D eigenvalue weighted by atomic mass is 10.2. The van der Waals surface area contributed by atoms with Crippen LogP contribution in [0.25, 0.3) is 0 Å². The quantitative estimate of drug-likeness (QED) is 0.683. The molecule has 0 amide bonds. The average molecular weight is 193 g/mol. The number of carbonyl (C=O) groups is 1.